The first-order valence-corrected chi connectivity index (χ1v) is 8.43. The number of pyridine rings is 1. The Morgan fingerprint density at radius 3 is 2.58 bits per heavy atom. The molecule has 0 spiro atoms. The van der Waals surface area contributed by atoms with Gasteiger partial charge in [-0.2, -0.15) is 0 Å². The van der Waals surface area contributed by atoms with Crippen LogP contribution in [0.15, 0.2) is 71.5 Å². The Hall–Kier alpha value is -3.18. The van der Waals surface area contributed by atoms with Crippen LogP contribution in [0.25, 0.3) is 17.0 Å². The molecule has 26 heavy (non-hydrogen) atoms. The monoisotopic (exact) mass is 348 g/mol. The number of carbonyl (C=O) groups excluding carboxylic acids is 1. The predicted octanol–water partition coefficient (Wildman–Crippen LogP) is 2.68. The zero-order chi connectivity index (χ0) is 18.4. The smallest absolute Gasteiger partial charge is 0.255 e. The summed E-state index contributed by atoms with van der Waals surface area (Å²) in [6.07, 6.45) is 3.80. The maximum Gasteiger partial charge on any atom is 0.255 e. The Labute approximate surface area is 151 Å². The number of carbonyl (C=O) groups is 1. The third-order valence-electron chi connectivity index (χ3n) is 4.07. The van der Waals surface area contributed by atoms with E-state index in [2.05, 4.69) is 4.98 Å². The van der Waals surface area contributed by atoms with E-state index in [9.17, 15) is 14.7 Å². The molecular formula is C21H20N2O3. The van der Waals surface area contributed by atoms with Crippen LogP contribution < -0.4 is 5.56 Å². The minimum Gasteiger partial charge on any atom is -0.395 e. The fourth-order valence-corrected chi connectivity index (χ4v) is 2.83. The molecule has 0 saturated heterocycles. The van der Waals surface area contributed by atoms with E-state index < -0.39 is 0 Å². The van der Waals surface area contributed by atoms with E-state index in [1.165, 1.54) is 11.0 Å². The standard InChI is InChI=1S/C21H20N2O3/c24-14-13-23(12-6-9-16-7-2-1-3-8-16)21(26)18-15-20(25)22-19-11-5-4-10-17(18)19/h1-11,15,24H,12-14H2,(H,22,25). The first-order valence-electron chi connectivity index (χ1n) is 8.43. The van der Waals surface area contributed by atoms with Gasteiger partial charge < -0.3 is 15.0 Å². The van der Waals surface area contributed by atoms with E-state index in [-0.39, 0.29) is 24.6 Å². The lowest BCUT2D eigenvalue weighted by atomic mass is 10.1. The van der Waals surface area contributed by atoms with Crippen molar-refractivity contribution < 1.29 is 9.90 Å². The van der Waals surface area contributed by atoms with Crippen molar-refractivity contribution in [2.75, 3.05) is 19.7 Å². The van der Waals surface area contributed by atoms with Crippen LogP contribution >= 0.6 is 0 Å². The van der Waals surface area contributed by atoms with Crippen LogP contribution in [0.4, 0.5) is 0 Å². The van der Waals surface area contributed by atoms with Gasteiger partial charge in [-0.1, -0.05) is 60.7 Å². The first kappa shape index (κ1) is 17.6. The van der Waals surface area contributed by atoms with E-state index in [1.807, 2.05) is 48.6 Å². The predicted molar refractivity (Wildman–Crippen MR) is 103 cm³/mol. The van der Waals surface area contributed by atoms with Crippen molar-refractivity contribution in [2.24, 2.45) is 0 Å². The number of aromatic amines is 1. The van der Waals surface area contributed by atoms with E-state index in [0.717, 1.165) is 5.56 Å². The van der Waals surface area contributed by atoms with Crippen LogP contribution in [0.5, 0.6) is 0 Å². The number of aliphatic hydroxyl groups excluding tert-OH is 1. The number of hydrogen-bond acceptors (Lipinski definition) is 3. The minimum atomic E-state index is -0.323. The lowest BCUT2D eigenvalue weighted by molar-refractivity contribution is 0.0745. The number of amides is 1. The highest BCUT2D eigenvalue weighted by atomic mass is 16.3. The molecule has 2 N–H and O–H groups in total. The topological polar surface area (TPSA) is 73.4 Å². The molecule has 2 aromatic carbocycles. The second-order valence-corrected chi connectivity index (χ2v) is 5.88. The maximum absolute atomic E-state index is 13.0. The summed E-state index contributed by atoms with van der Waals surface area (Å²) in [4.78, 5) is 29.1. The van der Waals surface area contributed by atoms with Crippen molar-refractivity contribution in [1.82, 2.24) is 9.88 Å². The molecule has 0 radical (unpaired) electrons. The molecule has 0 aliphatic heterocycles. The number of benzene rings is 2. The fraction of sp³-hybridized carbons (Fsp3) is 0.143. The summed E-state index contributed by atoms with van der Waals surface area (Å²) in [6.45, 7) is 0.389. The first-order chi connectivity index (χ1) is 12.7. The SMILES string of the molecule is O=C(c1cc(=O)[nH]c2ccccc12)N(CC=Cc1ccccc1)CCO. The fourth-order valence-electron chi connectivity index (χ4n) is 2.83. The van der Waals surface area contributed by atoms with Gasteiger partial charge >= 0.3 is 0 Å². The molecule has 0 saturated carbocycles. The van der Waals surface area contributed by atoms with Gasteiger partial charge in [0.2, 0.25) is 5.56 Å². The lowest BCUT2D eigenvalue weighted by Gasteiger charge is -2.21. The molecular weight excluding hydrogens is 328 g/mol. The summed E-state index contributed by atoms with van der Waals surface area (Å²) < 4.78 is 0. The molecule has 0 aliphatic rings. The van der Waals surface area contributed by atoms with Gasteiger partial charge in [0.1, 0.15) is 0 Å². The number of H-pyrrole nitrogens is 1. The Balaban J connectivity index is 1.87. The average molecular weight is 348 g/mol. The van der Waals surface area contributed by atoms with E-state index >= 15 is 0 Å². The number of hydrogen-bond donors (Lipinski definition) is 2. The zero-order valence-corrected chi connectivity index (χ0v) is 14.3. The largest absolute Gasteiger partial charge is 0.395 e. The van der Waals surface area contributed by atoms with Gasteiger partial charge in [-0.3, -0.25) is 9.59 Å². The summed E-state index contributed by atoms with van der Waals surface area (Å²) in [5.74, 6) is -0.279. The van der Waals surface area contributed by atoms with Crippen molar-refractivity contribution in [3.05, 3.63) is 88.2 Å². The Bertz CT molecular complexity index is 977. The Kier molecular flexibility index (Phi) is 5.61. The quantitative estimate of drug-likeness (QED) is 0.719. The van der Waals surface area contributed by atoms with Gasteiger partial charge in [0.15, 0.2) is 0 Å². The highest BCUT2D eigenvalue weighted by Gasteiger charge is 2.17. The van der Waals surface area contributed by atoms with Gasteiger partial charge in [0.25, 0.3) is 5.91 Å². The molecule has 5 nitrogen and oxygen atoms in total. The summed E-state index contributed by atoms with van der Waals surface area (Å²) in [7, 11) is 0. The molecule has 3 aromatic rings. The molecule has 0 atom stereocenters. The number of aliphatic hydroxyl groups is 1. The summed E-state index contributed by atoms with van der Waals surface area (Å²) in [5.41, 5.74) is 1.67. The van der Waals surface area contributed by atoms with Gasteiger partial charge in [-0.15, -0.1) is 0 Å². The number of rotatable bonds is 6. The highest BCUT2D eigenvalue weighted by Crippen LogP contribution is 2.16. The number of para-hydroxylation sites is 1. The molecule has 0 unspecified atom stereocenters. The molecule has 1 amide bonds. The van der Waals surface area contributed by atoms with E-state index in [4.69, 9.17) is 0 Å². The summed E-state index contributed by atoms with van der Waals surface area (Å²) in [5, 5.41) is 10.0. The van der Waals surface area contributed by atoms with Crippen LogP contribution in [-0.2, 0) is 0 Å². The third-order valence-corrected chi connectivity index (χ3v) is 4.07. The summed E-state index contributed by atoms with van der Waals surface area (Å²) in [6, 6.07) is 18.3. The molecule has 5 heteroatoms. The minimum absolute atomic E-state index is 0.147. The number of nitrogens with one attached hydrogen (secondary N) is 1. The van der Waals surface area contributed by atoms with Crippen LogP contribution in [0.3, 0.4) is 0 Å². The zero-order valence-electron chi connectivity index (χ0n) is 14.3. The molecule has 132 valence electrons. The van der Waals surface area contributed by atoms with Crippen molar-refractivity contribution in [2.45, 2.75) is 0 Å². The van der Waals surface area contributed by atoms with Crippen molar-refractivity contribution in [3.8, 4) is 0 Å². The van der Waals surface area contributed by atoms with E-state index in [1.54, 1.807) is 18.2 Å². The molecule has 3 rings (SSSR count). The molecule has 1 aromatic heterocycles. The van der Waals surface area contributed by atoms with Crippen LogP contribution in [0, 0.1) is 0 Å². The Morgan fingerprint density at radius 1 is 1.08 bits per heavy atom. The van der Waals surface area contributed by atoms with Gasteiger partial charge in [0.05, 0.1) is 12.2 Å². The van der Waals surface area contributed by atoms with Crippen molar-refractivity contribution >= 4 is 22.9 Å². The lowest BCUT2D eigenvalue weighted by Crippen LogP contribution is -2.34. The second-order valence-electron chi connectivity index (χ2n) is 5.88. The van der Waals surface area contributed by atoms with Gasteiger partial charge in [0, 0.05) is 30.1 Å². The Morgan fingerprint density at radius 2 is 1.81 bits per heavy atom. The van der Waals surface area contributed by atoms with Gasteiger partial charge in [-0.05, 0) is 11.6 Å². The van der Waals surface area contributed by atoms with Crippen molar-refractivity contribution in [3.63, 3.8) is 0 Å². The van der Waals surface area contributed by atoms with Crippen molar-refractivity contribution in [1.29, 1.82) is 0 Å². The highest BCUT2D eigenvalue weighted by molar-refractivity contribution is 6.06. The van der Waals surface area contributed by atoms with Crippen LogP contribution in [0.2, 0.25) is 0 Å². The number of aromatic nitrogens is 1. The normalized spacial score (nSPS) is 11.1. The van der Waals surface area contributed by atoms with Crippen LogP contribution in [-0.4, -0.2) is 40.6 Å². The summed E-state index contributed by atoms with van der Waals surface area (Å²) >= 11 is 0. The molecule has 0 fully saturated rings. The second kappa shape index (κ2) is 8.27. The third kappa shape index (κ3) is 4.07. The molecule has 0 bridgehead atoms. The number of fused-ring (bicyclic) bond motifs is 1. The average Bonchev–Trinajstić information content (AvgIpc) is 2.67. The van der Waals surface area contributed by atoms with Gasteiger partial charge in [-0.25, -0.2) is 0 Å². The molecule has 1 heterocycles. The number of nitrogens with zero attached hydrogens (tertiary/aromatic N) is 1. The maximum atomic E-state index is 13.0. The molecule has 0 aliphatic carbocycles. The van der Waals surface area contributed by atoms with E-state index in [0.29, 0.717) is 23.0 Å². The van der Waals surface area contributed by atoms with Crippen LogP contribution in [0.1, 0.15) is 15.9 Å².